The topological polar surface area (TPSA) is 22.1 Å². The van der Waals surface area contributed by atoms with E-state index in [0.717, 1.165) is 4.47 Å². The highest BCUT2D eigenvalue weighted by atomic mass is 79.9. The first-order valence-corrected chi connectivity index (χ1v) is 3.02. The average Bonchev–Trinajstić information content (AvgIpc) is 1.88. The molecule has 0 aliphatic heterocycles. The molecule has 0 aliphatic rings. The Labute approximate surface area is 59.7 Å². The van der Waals surface area contributed by atoms with Gasteiger partial charge in [0.25, 0.3) is 5.88 Å². The van der Waals surface area contributed by atoms with Gasteiger partial charge in [-0.05, 0) is 6.07 Å². The predicted octanol–water partition coefficient (Wildman–Crippen LogP) is 2.11. The fourth-order valence-corrected chi connectivity index (χ4v) is 0.742. The predicted molar refractivity (Wildman–Crippen MR) is 33.7 cm³/mol. The monoisotopic (exact) mass is 191 g/mol. The first kappa shape index (κ1) is 6.48. The van der Waals surface area contributed by atoms with Gasteiger partial charge in [-0.25, -0.2) is 4.98 Å². The summed E-state index contributed by atoms with van der Waals surface area (Å²) in [5.74, 6) is -0.0376. The highest BCUT2D eigenvalue weighted by molar-refractivity contribution is 9.10. The Morgan fingerprint density at radius 3 is 2.89 bits per heavy atom. The maximum absolute atomic E-state index is 11.3. The van der Waals surface area contributed by atoms with Crippen LogP contribution in [0.5, 0.6) is 5.88 Å². The molecule has 0 unspecified atom stereocenters. The van der Waals surface area contributed by atoms with Gasteiger partial charge in [0.15, 0.2) is 0 Å². The molecule has 0 fully saturated rings. The maximum Gasteiger partial charge on any atom is 0.263 e. The van der Waals surface area contributed by atoms with Gasteiger partial charge in [-0.2, -0.15) is 0 Å². The zero-order chi connectivity index (χ0) is 6.69. The Morgan fingerprint density at radius 1 is 1.67 bits per heavy atom. The summed E-state index contributed by atoms with van der Waals surface area (Å²) in [5, 5.41) is 0. The molecule has 9 heavy (non-hydrogen) atoms. The molecule has 2 nitrogen and oxygen atoms in total. The van der Waals surface area contributed by atoms with E-state index >= 15 is 0 Å². The minimum absolute atomic E-state index is 0.0376. The smallest absolute Gasteiger partial charge is 0.263 e. The fourth-order valence-electron chi connectivity index (χ4n) is 0.427. The standard InChI is InChI=1S/C5H3BrFNO/c6-4-1-2-8-5(3-4)9-7/h1-3H. The molecule has 0 aromatic carbocycles. The molecule has 0 spiro atoms. The fraction of sp³-hybridized carbons (Fsp3) is 0. The van der Waals surface area contributed by atoms with Crippen LogP contribution in [0.25, 0.3) is 0 Å². The third-order valence-corrected chi connectivity index (χ3v) is 1.27. The van der Waals surface area contributed by atoms with Crippen molar-refractivity contribution in [2.24, 2.45) is 0 Å². The van der Waals surface area contributed by atoms with E-state index in [1.807, 2.05) is 0 Å². The largest absolute Gasteiger partial charge is 0.274 e. The molecule has 0 aliphatic carbocycles. The number of hydrogen-bond donors (Lipinski definition) is 0. The molecule has 1 heterocycles. The van der Waals surface area contributed by atoms with Gasteiger partial charge >= 0.3 is 0 Å². The molecule has 1 aromatic heterocycles. The molecule has 48 valence electrons. The van der Waals surface area contributed by atoms with Crippen molar-refractivity contribution in [2.75, 3.05) is 0 Å². The van der Waals surface area contributed by atoms with Gasteiger partial charge in [0.05, 0.1) is 0 Å². The van der Waals surface area contributed by atoms with Gasteiger partial charge in [-0.1, -0.05) is 15.9 Å². The van der Waals surface area contributed by atoms with E-state index in [1.54, 1.807) is 6.07 Å². The normalized spacial score (nSPS) is 9.11. The summed E-state index contributed by atoms with van der Waals surface area (Å²) < 4.78 is 12.1. The number of nitrogens with zero attached hydrogens (tertiary/aromatic N) is 1. The molecular formula is C5H3BrFNO. The molecular weight excluding hydrogens is 189 g/mol. The molecule has 0 amide bonds. The summed E-state index contributed by atoms with van der Waals surface area (Å²) in [4.78, 5) is 6.88. The second-order valence-electron chi connectivity index (χ2n) is 1.39. The van der Waals surface area contributed by atoms with Crippen LogP contribution in [-0.2, 0) is 0 Å². The van der Waals surface area contributed by atoms with Crippen molar-refractivity contribution in [3.63, 3.8) is 0 Å². The zero-order valence-electron chi connectivity index (χ0n) is 4.34. The summed E-state index contributed by atoms with van der Waals surface area (Å²) in [6, 6.07) is 3.11. The van der Waals surface area contributed by atoms with Crippen molar-refractivity contribution in [3.05, 3.63) is 22.8 Å². The highest BCUT2D eigenvalue weighted by Crippen LogP contribution is 2.14. The van der Waals surface area contributed by atoms with Gasteiger partial charge in [0.1, 0.15) is 0 Å². The van der Waals surface area contributed by atoms with Crippen molar-refractivity contribution in [1.82, 2.24) is 4.98 Å². The number of rotatable bonds is 1. The Morgan fingerprint density at radius 2 is 2.44 bits per heavy atom. The van der Waals surface area contributed by atoms with Crippen LogP contribution in [0, 0.1) is 0 Å². The van der Waals surface area contributed by atoms with Crippen LogP contribution >= 0.6 is 15.9 Å². The van der Waals surface area contributed by atoms with Crippen LogP contribution in [0.1, 0.15) is 0 Å². The molecule has 0 radical (unpaired) electrons. The molecule has 0 atom stereocenters. The lowest BCUT2D eigenvalue weighted by Crippen LogP contribution is -1.79. The van der Waals surface area contributed by atoms with E-state index in [4.69, 9.17) is 0 Å². The van der Waals surface area contributed by atoms with E-state index in [-0.39, 0.29) is 5.88 Å². The van der Waals surface area contributed by atoms with Gasteiger partial charge in [-0.3, -0.25) is 4.94 Å². The van der Waals surface area contributed by atoms with E-state index in [0.29, 0.717) is 0 Å². The number of halogens is 2. The van der Waals surface area contributed by atoms with E-state index < -0.39 is 0 Å². The van der Waals surface area contributed by atoms with Crippen molar-refractivity contribution in [3.8, 4) is 5.88 Å². The lowest BCUT2D eigenvalue weighted by Gasteiger charge is -1.90. The van der Waals surface area contributed by atoms with E-state index in [9.17, 15) is 4.53 Å². The van der Waals surface area contributed by atoms with E-state index in [2.05, 4.69) is 25.9 Å². The molecule has 4 heteroatoms. The minimum atomic E-state index is -0.0376. The first-order valence-electron chi connectivity index (χ1n) is 2.23. The van der Waals surface area contributed by atoms with Crippen molar-refractivity contribution < 1.29 is 9.47 Å². The maximum atomic E-state index is 11.3. The Hall–Kier alpha value is -0.640. The molecule has 0 bridgehead atoms. The third kappa shape index (κ3) is 1.64. The van der Waals surface area contributed by atoms with Crippen LogP contribution in [-0.4, -0.2) is 4.98 Å². The average molecular weight is 192 g/mol. The minimum Gasteiger partial charge on any atom is -0.274 e. The summed E-state index contributed by atoms with van der Waals surface area (Å²) in [5.41, 5.74) is 0. The quantitative estimate of drug-likeness (QED) is 0.679. The van der Waals surface area contributed by atoms with Crippen LogP contribution in [0.4, 0.5) is 4.53 Å². The summed E-state index contributed by atoms with van der Waals surface area (Å²) >= 11 is 3.12. The summed E-state index contributed by atoms with van der Waals surface area (Å²) in [7, 11) is 0. The van der Waals surface area contributed by atoms with Gasteiger partial charge in [-0.15, -0.1) is 0 Å². The van der Waals surface area contributed by atoms with Gasteiger partial charge in [0, 0.05) is 21.3 Å². The van der Waals surface area contributed by atoms with Crippen molar-refractivity contribution >= 4 is 15.9 Å². The summed E-state index contributed by atoms with van der Waals surface area (Å²) in [6.07, 6.45) is 1.44. The molecule has 0 saturated carbocycles. The molecule has 1 rings (SSSR count). The number of aromatic nitrogens is 1. The van der Waals surface area contributed by atoms with Crippen LogP contribution in [0.2, 0.25) is 0 Å². The van der Waals surface area contributed by atoms with Crippen LogP contribution < -0.4 is 4.94 Å². The summed E-state index contributed by atoms with van der Waals surface area (Å²) in [6.45, 7) is 0. The van der Waals surface area contributed by atoms with Crippen LogP contribution in [0.15, 0.2) is 22.8 Å². The molecule has 0 saturated heterocycles. The Balaban J connectivity index is 2.94. The zero-order valence-corrected chi connectivity index (χ0v) is 5.93. The Bertz CT molecular complexity index is 206. The highest BCUT2D eigenvalue weighted by Gasteiger charge is 1.93. The Kier molecular flexibility index (Phi) is 2.00. The SMILES string of the molecule is FOc1cc(Br)ccn1. The van der Waals surface area contributed by atoms with Crippen molar-refractivity contribution in [1.29, 1.82) is 0 Å². The third-order valence-electron chi connectivity index (χ3n) is 0.776. The van der Waals surface area contributed by atoms with Gasteiger partial charge in [0.2, 0.25) is 0 Å². The molecule has 1 aromatic rings. The lowest BCUT2D eigenvalue weighted by atomic mass is 10.5. The second-order valence-corrected chi connectivity index (χ2v) is 2.31. The van der Waals surface area contributed by atoms with E-state index in [1.165, 1.54) is 12.3 Å². The number of pyridine rings is 1. The van der Waals surface area contributed by atoms with Crippen molar-refractivity contribution in [2.45, 2.75) is 0 Å². The number of hydrogen-bond acceptors (Lipinski definition) is 2. The second kappa shape index (κ2) is 2.77. The van der Waals surface area contributed by atoms with Crippen LogP contribution in [0.3, 0.4) is 0 Å². The van der Waals surface area contributed by atoms with Gasteiger partial charge < -0.3 is 0 Å². The lowest BCUT2D eigenvalue weighted by molar-refractivity contribution is -0.0119. The molecule has 0 N–H and O–H groups in total. The first-order chi connectivity index (χ1) is 4.33.